The highest BCUT2D eigenvalue weighted by Gasteiger charge is 2.11. The molecule has 0 heterocycles. The summed E-state index contributed by atoms with van der Waals surface area (Å²) in [5.41, 5.74) is 1.24. The lowest BCUT2D eigenvalue weighted by atomic mass is 9.95. The molecule has 0 fully saturated rings. The van der Waals surface area contributed by atoms with Gasteiger partial charge in [-0.15, -0.1) is 0 Å². The number of hydrogen-bond donors (Lipinski definition) is 1. The molecule has 1 rings (SSSR count). The fraction of sp³-hybridized carbons (Fsp3) is 0.571. The highest BCUT2D eigenvalue weighted by atomic mass is 35.5. The van der Waals surface area contributed by atoms with Crippen molar-refractivity contribution in [3.8, 4) is 0 Å². The van der Waals surface area contributed by atoms with Gasteiger partial charge in [-0.05, 0) is 43.5 Å². The van der Waals surface area contributed by atoms with Crippen LogP contribution in [0.25, 0.3) is 0 Å². The van der Waals surface area contributed by atoms with Gasteiger partial charge in [0.25, 0.3) is 0 Å². The number of rotatable bonds is 6. The van der Waals surface area contributed by atoms with Crippen molar-refractivity contribution in [2.45, 2.75) is 39.2 Å². The Morgan fingerprint density at radius 1 is 1.24 bits per heavy atom. The Kier molecular flexibility index (Phi) is 6.32. The standard InChI is InChI=1S/C14H21Cl2N/c1-4-10(2)7-12(17-3)8-11-5-6-13(15)14(16)9-11/h5-6,9-10,12,17H,4,7-8H2,1-3H3. The van der Waals surface area contributed by atoms with Crippen LogP contribution in [0.1, 0.15) is 32.3 Å². The Balaban J connectivity index is 2.63. The van der Waals surface area contributed by atoms with Gasteiger partial charge in [-0.25, -0.2) is 0 Å². The largest absolute Gasteiger partial charge is 0.317 e. The summed E-state index contributed by atoms with van der Waals surface area (Å²) in [6.45, 7) is 4.52. The van der Waals surface area contributed by atoms with E-state index in [9.17, 15) is 0 Å². The summed E-state index contributed by atoms with van der Waals surface area (Å²) in [6, 6.07) is 6.39. The van der Waals surface area contributed by atoms with Crippen LogP contribution in [0, 0.1) is 5.92 Å². The first-order valence-corrected chi connectivity index (χ1v) is 6.93. The predicted octanol–water partition coefficient (Wildman–Crippen LogP) is 4.56. The van der Waals surface area contributed by atoms with Gasteiger partial charge in [-0.1, -0.05) is 49.5 Å². The maximum atomic E-state index is 6.02. The number of nitrogens with one attached hydrogen (secondary N) is 1. The molecular formula is C14H21Cl2N. The Morgan fingerprint density at radius 2 is 1.94 bits per heavy atom. The fourth-order valence-corrected chi connectivity index (χ4v) is 2.23. The molecule has 96 valence electrons. The second kappa shape index (κ2) is 7.25. The van der Waals surface area contributed by atoms with Crippen LogP contribution >= 0.6 is 23.2 Å². The van der Waals surface area contributed by atoms with E-state index in [0.717, 1.165) is 12.3 Å². The second-order valence-corrected chi connectivity index (χ2v) is 5.50. The van der Waals surface area contributed by atoms with Crippen molar-refractivity contribution < 1.29 is 0 Å². The molecule has 0 amide bonds. The maximum Gasteiger partial charge on any atom is 0.0595 e. The van der Waals surface area contributed by atoms with Crippen LogP contribution in [0.15, 0.2) is 18.2 Å². The normalized spacial score (nSPS) is 14.6. The average Bonchev–Trinajstić information content (AvgIpc) is 2.32. The smallest absolute Gasteiger partial charge is 0.0595 e. The van der Waals surface area contributed by atoms with E-state index >= 15 is 0 Å². The summed E-state index contributed by atoms with van der Waals surface area (Å²) in [7, 11) is 2.02. The summed E-state index contributed by atoms with van der Waals surface area (Å²) in [5.74, 6) is 0.746. The van der Waals surface area contributed by atoms with Crippen molar-refractivity contribution in [3.05, 3.63) is 33.8 Å². The molecule has 0 saturated heterocycles. The molecule has 1 nitrogen and oxygen atoms in total. The lowest BCUT2D eigenvalue weighted by Crippen LogP contribution is -2.29. The lowest BCUT2D eigenvalue weighted by Gasteiger charge is -2.20. The van der Waals surface area contributed by atoms with Gasteiger partial charge in [-0.2, -0.15) is 0 Å². The molecule has 1 N–H and O–H groups in total. The Hall–Kier alpha value is -0.240. The molecule has 0 saturated carbocycles. The quantitative estimate of drug-likeness (QED) is 0.801. The third kappa shape index (κ3) is 4.87. The predicted molar refractivity (Wildman–Crippen MR) is 77.1 cm³/mol. The average molecular weight is 274 g/mol. The third-order valence-electron chi connectivity index (χ3n) is 3.26. The van der Waals surface area contributed by atoms with E-state index in [-0.39, 0.29) is 0 Å². The van der Waals surface area contributed by atoms with Crippen LogP contribution < -0.4 is 5.32 Å². The minimum absolute atomic E-state index is 0.502. The number of likely N-dealkylation sites (N-methyl/N-ethyl adjacent to an activating group) is 1. The summed E-state index contributed by atoms with van der Waals surface area (Å²) < 4.78 is 0. The molecule has 2 atom stereocenters. The van der Waals surface area contributed by atoms with Crippen molar-refractivity contribution in [1.82, 2.24) is 5.32 Å². The number of halogens is 2. The monoisotopic (exact) mass is 273 g/mol. The van der Waals surface area contributed by atoms with Gasteiger partial charge in [0.15, 0.2) is 0 Å². The van der Waals surface area contributed by atoms with Gasteiger partial charge in [0.2, 0.25) is 0 Å². The van der Waals surface area contributed by atoms with Crippen LogP contribution in [-0.4, -0.2) is 13.1 Å². The van der Waals surface area contributed by atoms with E-state index in [0.29, 0.717) is 16.1 Å². The SMILES string of the molecule is CCC(C)CC(Cc1ccc(Cl)c(Cl)c1)NC. The van der Waals surface area contributed by atoms with Gasteiger partial charge in [0.05, 0.1) is 10.0 Å². The maximum absolute atomic E-state index is 6.02. The fourth-order valence-electron chi connectivity index (χ4n) is 1.91. The third-order valence-corrected chi connectivity index (χ3v) is 4.00. The molecule has 2 unspecified atom stereocenters. The van der Waals surface area contributed by atoms with E-state index in [1.807, 2.05) is 19.2 Å². The molecule has 0 bridgehead atoms. The van der Waals surface area contributed by atoms with Crippen molar-refractivity contribution in [1.29, 1.82) is 0 Å². The first-order chi connectivity index (χ1) is 8.06. The highest BCUT2D eigenvalue weighted by molar-refractivity contribution is 6.42. The van der Waals surface area contributed by atoms with Gasteiger partial charge < -0.3 is 5.32 Å². The van der Waals surface area contributed by atoms with E-state index in [2.05, 4.69) is 25.2 Å². The van der Waals surface area contributed by atoms with Gasteiger partial charge in [-0.3, -0.25) is 0 Å². The van der Waals surface area contributed by atoms with Crippen molar-refractivity contribution >= 4 is 23.2 Å². The van der Waals surface area contributed by atoms with Crippen molar-refractivity contribution in [2.75, 3.05) is 7.05 Å². The van der Waals surface area contributed by atoms with Gasteiger partial charge >= 0.3 is 0 Å². The topological polar surface area (TPSA) is 12.0 Å². The highest BCUT2D eigenvalue weighted by Crippen LogP contribution is 2.24. The first-order valence-electron chi connectivity index (χ1n) is 6.18. The molecule has 1 aromatic carbocycles. The molecule has 0 aliphatic rings. The minimum atomic E-state index is 0.502. The molecule has 0 spiro atoms. The van der Waals surface area contributed by atoms with Crippen LogP contribution in [0.2, 0.25) is 10.0 Å². The molecular weight excluding hydrogens is 253 g/mol. The van der Waals surface area contributed by atoms with E-state index < -0.39 is 0 Å². The van der Waals surface area contributed by atoms with Crippen molar-refractivity contribution in [2.24, 2.45) is 5.92 Å². The first kappa shape index (κ1) is 14.8. The molecule has 0 radical (unpaired) electrons. The van der Waals surface area contributed by atoms with Crippen LogP contribution in [0.5, 0.6) is 0 Å². The molecule has 0 aliphatic carbocycles. The summed E-state index contributed by atoms with van der Waals surface area (Å²) in [4.78, 5) is 0. The zero-order valence-corrected chi connectivity index (χ0v) is 12.3. The van der Waals surface area contributed by atoms with Crippen LogP contribution in [0.4, 0.5) is 0 Å². The lowest BCUT2D eigenvalue weighted by molar-refractivity contribution is 0.410. The van der Waals surface area contributed by atoms with E-state index in [4.69, 9.17) is 23.2 Å². The van der Waals surface area contributed by atoms with Crippen LogP contribution in [0.3, 0.4) is 0 Å². The molecule has 1 aromatic rings. The zero-order chi connectivity index (χ0) is 12.8. The summed E-state index contributed by atoms with van der Waals surface area (Å²) >= 11 is 11.9. The number of benzene rings is 1. The minimum Gasteiger partial charge on any atom is -0.317 e. The Morgan fingerprint density at radius 3 is 2.47 bits per heavy atom. The van der Waals surface area contributed by atoms with Gasteiger partial charge in [0, 0.05) is 6.04 Å². The van der Waals surface area contributed by atoms with Gasteiger partial charge in [0.1, 0.15) is 0 Å². The van der Waals surface area contributed by atoms with E-state index in [1.165, 1.54) is 18.4 Å². The van der Waals surface area contributed by atoms with Crippen molar-refractivity contribution in [3.63, 3.8) is 0 Å². The van der Waals surface area contributed by atoms with E-state index in [1.54, 1.807) is 0 Å². The van der Waals surface area contributed by atoms with Crippen LogP contribution in [-0.2, 0) is 6.42 Å². The molecule has 0 aliphatic heterocycles. The Bertz CT molecular complexity index is 352. The summed E-state index contributed by atoms with van der Waals surface area (Å²) in [6.07, 6.45) is 3.41. The molecule has 0 aromatic heterocycles. The number of hydrogen-bond acceptors (Lipinski definition) is 1. The summed E-state index contributed by atoms with van der Waals surface area (Å²) in [5, 5.41) is 4.64. The molecule has 17 heavy (non-hydrogen) atoms. The second-order valence-electron chi connectivity index (χ2n) is 4.69. The Labute approximate surface area is 115 Å². The molecule has 3 heteroatoms. The zero-order valence-electron chi connectivity index (χ0n) is 10.8.